The highest BCUT2D eigenvalue weighted by Crippen LogP contribution is 2.28. The number of hydrogen-bond donors (Lipinski definition) is 1. The Kier molecular flexibility index (Phi) is 4.73. The molecule has 0 fully saturated rings. The maximum absolute atomic E-state index is 14.0. The predicted octanol–water partition coefficient (Wildman–Crippen LogP) is 3.41. The first-order valence-corrected chi connectivity index (χ1v) is 7.25. The number of aryl methyl sites for hydroxylation is 2. The van der Waals surface area contributed by atoms with Gasteiger partial charge in [0.2, 0.25) is 0 Å². The van der Waals surface area contributed by atoms with Crippen molar-refractivity contribution in [1.82, 2.24) is 15.3 Å². The molecule has 0 aliphatic heterocycles. The van der Waals surface area contributed by atoms with E-state index in [4.69, 9.17) is 0 Å². The molecule has 0 unspecified atom stereocenters. The number of aromatic nitrogens is 2. The fourth-order valence-corrected chi connectivity index (χ4v) is 2.68. The van der Waals surface area contributed by atoms with Crippen LogP contribution in [0.15, 0.2) is 28.3 Å². The van der Waals surface area contributed by atoms with Crippen LogP contribution in [0.2, 0.25) is 0 Å². The smallest absolute Gasteiger partial charge is 0.192 e. The number of benzene rings is 1. The molecule has 3 nitrogen and oxygen atoms in total. The van der Waals surface area contributed by atoms with Crippen molar-refractivity contribution in [3.8, 4) is 0 Å². The van der Waals surface area contributed by atoms with E-state index in [1.54, 1.807) is 12.1 Å². The normalized spacial score (nSPS) is 10.8. The molecular formula is C15H18FN3S. The van der Waals surface area contributed by atoms with E-state index in [2.05, 4.69) is 15.3 Å². The SMILES string of the molecule is CNCc1ccc(Sc2nc(C)c(C)c(C)n2)c(F)c1. The van der Waals surface area contributed by atoms with Gasteiger partial charge in [0.1, 0.15) is 5.82 Å². The summed E-state index contributed by atoms with van der Waals surface area (Å²) in [5, 5.41) is 3.59. The zero-order valence-electron chi connectivity index (χ0n) is 12.1. The Bertz CT molecular complexity index is 606. The van der Waals surface area contributed by atoms with Gasteiger partial charge in [0.05, 0.1) is 4.90 Å². The minimum absolute atomic E-state index is 0.234. The topological polar surface area (TPSA) is 37.8 Å². The van der Waals surface area contributed by atoms with Gasteiger partial charge in [0, 0.05) is 17.9 Å². The van der Waals surface area contributed by atoms with E-state index in [1.807, 2.05) is 33.9 Å². The van der Waals surface area contributed by atoms with E-state index < -0.39 is 0 Å². The zero-order valence-corrected chi connectivity index (χ0v) is 12.9. The summed E-state index contributed by atoms with van der Waals surface area (Å²) in [4.78, 5) is 9.35. The lowest BCUT2D eigenvalue weighted by Gasteiger charge is -2.08. The second-order valence-corrected chi connectivity index (χ2v) is 5.71. The number of nitrogens with one attached hydrogen (secondary N) is 1. The van der Waals surface area contributed by atoms with Crippen molar-refractivity contribution < 1.29 is 4.39 Å². The Balaban J connectivity index is 2.26. The molecule has 0 bridgehead atoms. The second kappa shape index (κ2) is 6.33. The molecular weight excluding hydrogens is 273 g/mol. The van der Waals surface area contributed by atoms with Crippen molar-refractivity contribution in [3.05, 3.63) is 46.5 Å². The fourth-order valence-electron chi connectivity index (χ4n) is 1.83. The highest BCUT2D eigenvalue weighted by atomic mass is 32.2. The van der Waals surface area contributed by atoms with Crippen molar-refractivity contribution in [1.29, 1.82) is 0 Å². The maximum Gasteiger partial charge on any atom is 0.192 e. The highest BCUT2D eigenvalue weighted by Gasteiger charge is 2.10. The summed E-state index contributed by atoms with van der Waals surface area (Å²) in [6.07, 6.45) is 0. The molecule has 106 valence electrons. The molecule has 0 amide bonds. The van der Waals surface area contributed by atoms with Crippen LogP contribution in [0.5, 0.6) is 0 Å². The molecule has 2 aromatic rings. The summed E-state index contributed by atoms with van der Waals surface area (Å²) >= 11 is 1.26. The molecule has 2 rings (SSSR count). The van der Waals surface area contributed by atoms with Gasteiger partial charge in [-0.1, -0.05) is 6.07 Å². The van der Waals surface area contributed by atoms with Crippen LogP contribution in [0, 0.1) is 26.6 Å². The predicted molar refractivity (Wildman–Crippen MR) is 79.5 cm³/mol. The first-order valence-electron chi connectivity index (χ1n) is 6.44. The minimum atomic E-state index is -0.234. The first-order chi connectivity index (χ1) is 9.51. The molecule has 0 aliphatic rings. The average molecular weight is 291 g/mol. The van der Waals surface area contributed by atoms with Crippen LogP contribution in [-0.4, -0.2) is 17.0 Å². The molecule has 1 heterocycles. The van der Waals surface area contributed by atoms with Gasteiger partial charge in [0.15, 0.2) is 5.16 Å². The molecule has 1 N–H and O–H groups in total. The number of halogens is 1. The summed E-state index contributed by atoms with van der Waals surface area (Å²) < 4.78 is 14.0. The average Bonchev–Trinajstić information content (AvgIpc) is 2.39. The van der Waals surface area contributed by atoms with Gasteiger partial charge >= 0.3 is 0 Å². The van der Waals surface area contributed by atoms with Crippen LogP contribution in [0.4, 0.5) is 4.39 Å². The molecule has 0 aliphatic carbocycles. The second-order valence-electron chi connectivity index (χ2n) is 4.70. The maximum atomic E-state index is 14.0. The van der Waals surface area contributed by atoms with Crippen LogP contribution in [-0.2, 0) is 6.54 Å². The fraction of sp³-hybridized carbons (Fsp3) is 0.333. The summed E-state index contributed by atoms with van der Waals surface area (Å²) in [5.41, 5.74) is 3.88. The molecule has 0 spiro atoms. The van der Waals surface area contributed by atoms with Crippen LogP contribution in [0.25, 0.3) is 0 Å². The van der Waals surface area contributed by atoms with Gasteiger partial charge in [-0.15, -0.1) is 0 Å². The molecule has 1 aromatic carbocycles. The van der Waals surface area contributed by atoms with Gasteiger partial charge in [-0.05, 0) is 62.8 Å². The lowest BCUT2D eigenvalue weighted by atomic mass is 10.2. The van der Waals surface area contributed by atoms with E-state index in [1.165, 1.54) is 11.8 Å². The summed E-state index contributed by atoms with van der Waals surface area (Å²) in [6.45, 7) is 6.54. The van der Waals surface area contributed by atoms with Gasteiger partial charge < -0.3 is 5.32 Å². The van der Waals surface area contributed by atoms with Crippen molar-refractivity contribution in [2.24, 2.45) is 0 Å². The van der Waals surface area contributed by atoms with Gasteiger partial charge in [-0.25, -0.2) is 14.4 Å². The zero-order chi connectivity index (χ0) is 14.7. The molecule has 1 aromatic heterocycles. The summed E-state index contributed by atoms with van der Waals surface area (Å²) in [5.74, 6) is -0.234. The van der Waals surface area contributed by atoms with Gasteiger partial charge in [-0.3, -0.25) is 0 Å². The Morgan fingerprint density at radius 2 is 1.80 bits per heavy atom. The van der Waals surface area contributed by atoms with E-state index >= 15 is 0 Å². The van der Waals surface area contributed by atoms with Gasteiger partial charge in [0.25, 0.3) is 0 Å². The Morgan fingerprint density at radius 1 is 1.15 bits per heavy atom. The van der Waals surface area contributed by atoms with Crippen molar-refractivity contribution in [2.45, 2.75) is 37.4 Å². The molecule has 20 heavy (non-hydrogen) atoms. The number of hydrogen-bond acceptors (Lipinski definition) is 4. The van der Waals surface area contributed by atoms with Crippen LogP contribution >= 0.6 is 11.8 Å². The van der Waals surface area contributed by atoms with Crippen molar-refractivity contribution in [3.63, 3.8) is 0 Å². The third kappa shape index (κ3) is 3.35. The molecule has 0 saturated heterocycles. The van der Waals surface area contributed by atoms with Crippen molar-refractivity contribution in [2.75, 3.05) is 7.05 Å². The molecule has 0 saturated carbocycles. The number of nitrogens with zero attached hydrogens (tertiary/aromatic N) is 2. The van der Waals surface area contributed by atoms with E-state index in [-0.39, 0.29) is 5.82 Å². The molecule has 0 atom stereocenters. The third-order valence-corrected chi connectivity index (χ3v) is 4.11. The molecule has 0 radical (unpaired) electrons. The lowest BCUT2D eigenvalue weighted by Crippen LogP contribution is -2.05. The van der Waals surface area contributed by atoms with Crippen LogP contribution < -0.4 is 5.32 Å². The lowest BCUT2D eigenvalue weighted by molar-refractivity contribution is 0.597. The Hall–Kier alpha value is -1.46. The third-order valence-electron chi connectivity index (χ3n) is 3.19. The largest absolute Gasteiger partial charge is 0.316 e. The van der Waals surface area contributed by atoms with E-state index in [0.717, 1.165) is 22.5 Å². The minimum Gasteiger partial charge on any atom is -0.316 e. The molecule has 5 heteroatoms. The standard InChI is InChI=1S/C15H18FN3S/c1-9-10(2)18-15(19-11(9)3)20-14-6-5-12(8-17-4)7-13(14)16/h5-7,17H,8H2,1-4H3. The highest BCUT2D eigenvalue weighted by molar-refractivity contribution is 7.99. The van der Waals surface area contributed by atoms with Crippen LogP contribution in [0.1, 0.15) is 22.5 Å². The summed E-state index contributed by atoms with van der Waals surface area (Å²) in [6, 6.07) is 5.24. The van der Waals surface area contributed by atoms with E-state index in [9.17, 15) is 4.39 Å². The monoisotopic (exact) mass is 291 g/mol. The Labute approximate surface area is 123 Å². The summed E-state index contributed by atoms with van der Waals surface area (Å²) in [7, 11) is 1.84. The first kappa shape index (κ1) is 14.9. The Morgan fingerprint density at radius 3 is 2.35 bits per heavy atom. The van der Waals surface area contributed by atoms with Crippen molar-refractivity contribution >= 4 is 11.8 Å². The van der Waals surface area contributed by atoms with E-state index in [0.29, 0.717) is 16.6 Å². The van der Waals surface area contributed by atoms with Gasteiger partial charge in [-0.2, -0.15) is 0 Å². The quantitative estimate of drug-likeness (QED) is 0.876. The number of rotatable bonds is 4. The van der Waals surface area contributed by atoms with Crippen LogP contribution in [0.3, 0.4) is 0 Å².